The van der Waals surface area contributed by atoms with Crippen molar-refractivity contribution in [3.63, 3.8) is 0 Å². The third kappa shape index (κ3) is 32.7. The van der Waals surface area contributed by atoms with E-state index in [2.05, 4.69) is 134 Å². The molecule has 17 heteroatoms. The van der Waals surface area contributed by atoms with Crippen LogP contribution >= 0.6 is 69.6 Å². The van der Waals surface area contributed by atoms with E-state index in [0.29, 0.717) is 30.8 Å². The maximum Gasteiger partial charge on any atom is 0.147 e. The van der Waals surface area contributed by atoms with Gasteiger partial charge in [0.05, 0.1) is 16.4 Å². The summed E-state index contributed by atoms with van der Waals surface area (Å²) in [6.07, 6.45) is 14.2. The lowest BCUT2D eigenvalue weighted by molar-refractivity contribution is 0.389. The van der Waals surface area contributed by atoms with Gasteiger partial charge in [0.2, 0.25) is 0 Å². The lowest BCUT2D eigenvalue weighted by atomic mass is 9.86. The molecule has 9 aromatic rings. The number of aryl methyl sites for hydroxylation is 9. The zero-order chi connectivity index (χ0) is 63.3. The summed E-state index contributed by atoms with van der Waals surface area (Å²) in [6.45, 7) is 41.7. The Hall–Kier alpha value is -5.79. The van der Waals surface area contributed by atoms with E-state index in [-0.39, 0.29) is 21.7 Å². The van der Waals surface area contributed by atoms with Gasteiger partial charge in [-0.15, -0.1) is 0 Å². The standard InChI is InChI=1S/C9H11Cl2N.C9H12ClN.C9H16N2.C9H15NO.C6H5Cl2N.C6H6ClN.3C6H7N/c1-9(2,3)6-4-5-7(10)12-8(6)11;1-9(2,3)7-4-5-8(10)11-6-7;1-7-6-8(9(2,3)4)11(5)10-7;1-6-8(9(3,4)5)7(2)11-10-6;1-4-2-5(7)6(8)9-3-4;1-5-2-3-6(7)8-4-5;1-6-2-4-7-5-3-6;1-6-3-2-4-7-5-6;1-6-4-2-3-5-7-6/h4-5H,1-3H3;4-6H,1-3H3;6H,1-5H3;1-5H3;2-3H,1H3;2-4H,1H3;3*2-5H,1H3. The largest absolute Gasteiger partial charge is 0.361 e. The van der Waals surface area contributed by atoms with E-state index in [9.17, 15) is 0 Å². The van der Waals surface area contributed by atoms with E-state index in [1.807, 2.05) is 146 Å². The molecular formula is C66H86Cl6N10O. The van der Waals surface area contributed by atoms with E-state index in [4.69, 9.17) is 74.1 Å². The van der Waals surface area contributed by atoms with Gasteiger partial charge in [0.25, 0.3) is 0 Å². The van der Waals surface area contributed by atoms with Gasteiger partial charge in [-0.25, -0.2) is 19.9 Å². The number of nitrogens with zero attached hydrogens (tertiary/aromatic N) is 10. The first-order valence-electron chi connectivity index (χ1n) is 26.8. The summed E-state index contributed by atoms with van der Waals surface area (Å²) in [5.74, 6) is 0.940. The number of rotatable bonds is 0. The van der Waals surface area contributed by atoms with E-state index in [0.717, 1.165) is 39.5 Å². The molecule has 0 saturated carbocycles. The van der Waals surface area contributed by atoms with Crippen LogP contribution < -0.4 is 0 Å². The number of hydrogen-bond acceptors (Lipinski definition) is 10. The molecule has 9 rings (SSSR count). The zero-order valence-electron chi connectivity index (χ0n) is 52.4. The van der Waals surface area contributed by atoms with Crippen LogP contribution in [-0.4, -0.2) is 49.8 Å². The highest BCUT2D eigenvalue weighted by Crippen LogP contribution is 2.30. The lowest BCUT2D eigenvalue weighted by Gasteiger charge is -2.19. The van der Waals surface area contributed by atoms with Crippen molar-refractivity contribution in [2.24, 2.45) is 7.05 Å². The summed E-state index contributed by atoms with van der Waals surface area (Å²) < 4.78 is 7.03. The summed E-state index contributed by atoms with van der Waals surface area (Å²) >= 11 is 33.9. The van der Waals surface area contributed by atoms with Gasteiger partial charge < -0.3 is 4.52 Å². The SMILES string of the molecule is CC(C)(C)c1ccc(Cl)nc1.CC(C)(C)c1ccc(Cl)nc1Cl.Cc1cc(C(C)(C)C)n(C)n1.Cc1ccc(Cl)nc1.Cc1ccccn1.Cc1cccnc1.Cc1ccncc1.Cc1cnc(Cl)c(Cl)c1.Cc1noc(C)c1C(C)(C)C. The Balaban J connectivity index is 0.000000470. The molecule has 0 spiro atoms. The molecule has 0 bridgehead atoms. The van der Waals surface area contributed by atoms with Crippen molar-refractivity contribution < 1.29 is 4.52 Å². The Morgan fingerprint density at radius 2 is 1.01 bits per heavy atom. The minimum absolute atomic E-state index is 0.0225. The minimum Gasteiger partial charge on any atom is -0.361 e. The van der Waals surface area contributed by atoms with Crippen molar-refractivity contribution in [1.29, 1.82) is 0 Å². The highest BCUT2D eigenvalue weighted by atomic mass is 35.5. The third-order valence-corrected chi connectivity index (χ3v) is 12.7. The molecule has 0 aliphatic rings. The van der Waals surface area contributed by atoms with E-state index in [1.165, 1.54) is 27.9 Å². The van der Waals surface area contributed by atoms with Gasteiger partial charge in [0.1, 0.15) is 31.5 Å². The Morgan fingerprint density at radius 3 is 1.31 bits per heavy atom. The van der Waals surface area contributed by atoms with Crippen LogP contribution in [0, 0.1) is 55.4 Å². The van der Waals surface area contributed by atoms with Crippen LogP contribution in [0.25, 0.3) is 0 Å². The molecule has 0 amide bonds. The Bertz CT molecular complexity index is 3070. The fourth-order valence-corrected chi connectivity index (χ4v) is 8.12. The fraction of sp³-hybridized carbons (Fsp3) is 0.379. The molecule has 0 radical (unpaired) electrons. The molecule has 0 fully saturated rings. The topological polar surface area (TPSA) is 134 Å². The quantitative estimate of drug-likeness (QED) is 0.135. The van der Waals surface area contributed by atoms with Crippen LogP contribution in [0.5, 0.6) is 0 Å². The predicted octanol–water partition coefficient (Wildman–Crippen LogP) is 20.2. The van der Waals surface area contributed by atoms with Crippen molar-refractivity contribution in [2.45, 2.75) is 160 Å². The number of aromatic nitrogens is 10. The van der Waals surface area contributed by atoms with Gasteiger partial charge in [-0.3, -0.25) is 19.6 Å². The second-order valence-corrected chi connectivity index (χ2v) is 25.6. The molecule has 0 aromatic carbocycles. The molecule has 9 aromatic heterocycles. The molecule has 0 atom stereocenters. The molecular weight excluding hydrogens is 1160 g/mol. The van der Waals surface area contributed by atoms with Crippen LogP contribution in [0.2, 0.25) is 30.8 Å². The first kappa shape index (κ1) is 75.2. The van der Waals surface area contributed by atoms with Crippen LogP contribution in [0.4, 0.5) is 0 Å². The Morgan fingerprint density at radius 1 is 0.434 bits per heavy atom. The zero-order valence-corrected chi connectivity index (χ0v) is 57.0. The van der Waals surface area contributed by atoms with Gasteiger partial charge in [0, 0.05) is 79.0 Å². The fourth-order valence-electron chi connectivity index (χ4n) is 6.95. The van der Waals surface area contributed by atoms with Gasteiger partial charge >= 0.3 is 0 Å². The maximum absolute atomic E-state index is 5.92. The van der Waals surface area contributed by atoms with Gasteiger partial charge in [-0.1, -0.05) is 188 Å². The summed E-state index contributed by atoms with van der Waals surface area (Å²) in [4.78, 5) is 27.3. The Kier molecular flexibility index (Phi) is 33.4. The molecule has 0 aliphatic carbocycles. The molecule has 83 heavy (non-hydrogen) atoms. The van der Waals surface area contributed by atoms with Crippen molar-refractivity contribution in [2.75, 3.05) is 0 Å². The highest BCUT2D eigenvalue weighted by Gasteiger charge is 2.23. The van der Waals surface area contributed by atoms with Crippen LogP contribution in [0.3, 0.4) is 0 Å². The maximum atomic E-state index is 5.92. The summed E-state index contributed by atoms with van der Waals surface area (Å²) in [6, 6.07) is 28.9. The van der Waals surface area contributed by atoms with Gasteiger partial charge in [-0.2, -0.15) is 5.10 Å². The summed E-state index contributed by atoms with van der Waals surface area (Å²) in [7, 11) is 1.99. The smallest absolute Gasteiger partial charge is 0.147 e. The summed E-state index contributed by atoms with van der Waals surface area (Å²) in [5.41, 5.74) is 13.1. The van der Waals surface area contributed by atoms with Crippen molar-refractivity contribution in [3.05, 3.63) is 239 Å². The van der Waals surface area contributed by atoms with Crippen LogP contribution in [0.1, 0.15) is 151 Å². The first-order valence-corrected chi connectivity index (χ1v) is 29.0. The highest BCUT2D eigenvalue weighted by molar-refractivity contribution is 6.41. The number of pyridine rings is 7. The molecule has 0 N–H and O–H groups in total. The molecule has 0 saturated heterocycles. The third-order valence-electron chi connectivity index (χ3n) is 11.0. The predicted molar refractivity (Wildman–Crippen MR) is 352 cm³/mol. The van der Waals surface area contributed by atoms with Crippen LogP contribution in [-0.2, 0) is 28.7 Å². The normalized spacial score (nSPS) is 10.6. The second kappa shape index (κ2) is 36.8. The number of halogens is 6. The molecule has 0 aliphatic heterocycles. The van der Waals surface area contributed by atoms with E-state index >= 15 is 0 Å². The average molecular weight is 1250 g/mol. The molecule has 448 valence electrons. The number of hydrogen-bond donors (Lipinski definition) is 0. The second-order valence-electron chi connectivity index (χ2n) is 23.3. The first-order chi connectivity index (χ1) is 38.4. The lowest BCUT2D eigenvalue weighted by Crippen LogP contribution is -2.16. The van der Waals surface area contributed by atoms with Crippen LogP contribution in [0.15, 0.2) is 145 Å². The van der Waals surface area contributed by atoms with Crippen molar-refractivity contribution in [1.82, 2.24) is 49.8 Å². The van der Waals surface area contributed by atoms with Crippen molar-refractivity contribution in [3.8, 4) is 0 Å². The van der Waals surface area contributed by atoms with E-state index < -0.39 is 0 Å². The summed E-state index contributed by atoms with van der Waals surface area (Å²) in [5, 5.41) is 11.1. The monoisotopic (exact) mass is 1240 g/mol. The van der Waals surface area contributed by atoms with Gasteiger partial charge in [0.15, 0.2) is 0 Å². The average Bonchev–Trinajstić information content (AvgIpc) is 4.19. The van der Waals surface area contributed by atoms with Gasteiger partial charge in [-0.05, 0) is 166 Å². The molecule has 0 unspecified atom stereocenters. The van der Waals surface area contributed by atoms with Crippen molar-refractivity contribution >= 4 is 69.6 Å². The molecule has 11 nitrogen and oxygen atoms in total. The van der Waals surface area contributed by atoms with E-state index in [1.54, 1.807) is 55.4 Å². The molecule has 9 heterocycles. The Labute approximate surface area is 526 Å². The minimum atomic E-state index is 0.0225.